The first-order valence-electron chi connectivity index (χ1n) is 5.92. The Morgan fingerprint density at radius 2 is 1.56 bits per heavy atom. The molecular weight excluding hydrogens is 222 g/mol. The highest BCUT2D eigenvalue weighted by atomic mass is 16.3. The first kappa shape index (κ1) is 9.54. The first-order valence-corrected chi connectivity index (χ1v) is 5.92. The summed E-state index contributed by atoms with van der Waals surface area (Å²) in [6.07, 6.45) is 0. The van der Waals surface area contributed by atoms with E-state index in [9.17, 15) is 0 Å². The second-order valence-electron chi connectivity index (χ2n) is 4.52. The van der Waals surface area contributed by atoms with Gasteiger partial charge in [-0.05, 0) is 29.0 Å². The fourth-order valence-electron chi connectivity index (χ4n) is 2.51. The molecule has 4 aromatic rings. The van der Waals surface area contributed by atoms with Crippen LogP contribution < -0.4 is 5.73 Å². The van der Waals surface area contributed by atoms with Gasteiger partial charge in [-0.1, -0.05) is 36.4 Å². The SMILES string of the molecule is Nc1cccc2c1oc1cc3ccccc3cc12. The minimum Gasteiger partial charge on any atom is -0.454 e. The number of nitrogen functional groups attached to an aromatic ring is 1. The van der Waals surface area contributed by atoms with Gasteiger partial charge in [-0.25, -0.2) is 0 Å². The van der Waals surface area contributed by atoms with Gasteiger partial charge >= 0.3 is 0 Å². The maximum absolute atomic E-state index is 5.95. The normalized spacial score (nSPS) is 11.6. The molecule has 0 spiro atoms. The van der Waals surface area contributed by atoms with Crippen molar-refractivity contribution in [2.75, 3.05) is 5.73 Å². The van der Waals surface area contributed by atoms with Crippen LogP contribution in [0, 0.1) is 0 Å². The summed E-state index contributed by atoms with van der Waals surface area (Å²) in [6, 6.07) is 18.4. The lowest BCUT2D eigenvalue weighted by molar-refractivity contribution is 0.671. The Balaban J connectivity index is 2.27. The maximum Gasteiger partial charge on any atom is 0.158 e. The van der Waals surface area contributed by atoms with Gasteiger partial charge in [-0.3, -0.25) is 0 Å². The number of para-hydroxylation sites is 1. The number of benzene rings is 3. The minimum absolute atomic E-state index is 0.688. The van der Waals surface area contributed by atoms with Crippen LogP contribution in [0.2, 0.25) is 0 Å². The average Bonchev–Trinajstić information content (AvgIpc) is 2.76. The van der Waals surface area contributed by atoms with Crippen LogP contribution in [0.25, 0.3) is 32.7 Å². The lowest BCUT2D eigenvalue weighted by Gasteiger charge is -1.96. The number of nitrogens with two attached hydrogens (primary N) is 1. The molecule has 86 valence electrons. The molecule has 1 heterocycles. The van der Waals surface area contributed by atoms with E-state index in [4.69, 9.17) is 10.2 Å². The third-order valence-electron chi connectivity index (χ3n) is 3.40. The van der Waals surface area contributed by atoms with E-state index in [1.807, 2.05) is 30.3 Å². The summed E-state index contributed by atoms with van der Waals surface area (Å²) in [7, 11) is 0. The van der Waals surface area contributed by atoms with Crippen molar-refractivity contribution in [1.82, 2.24) is 0 Å². The van der Waals surface area contributed by atoms with E-state index in [0.717, 1.165) is 21.9 Å². The maximum atomic E-state index is 5.95. The summed E-state index contributed by atoms with van der Waals surface area (Å²) >= 11 is 0. The van der Waals surface area contributed by atoms with Crippen molar-refractivity contribution < 1.29 is 4.42 Å². The van der Waals surface area contributed by atoms with Gasteiger partial charge in [0.15, 0.2) is 5.58 Å². The molecule has 0 aliphatic heterocycles. The first-order chi connectivity index (χ1) is 8.83. The quantitative estimate of drug-likeness (QED) is 0.459. The second kappa shape index (κ2) is 3.26. The molecule has 0 aliphatic carbocycles. The highest BCUT2D eigenvalue weighted by Gasteiger charge is 2.09. The Kier molecular flexibility index (Phi) is 1.73. The van der Waals surface area contributed by atoms with Crippen LogP contribution in [0.3, 0.4) is 0 Å². The number of anilines is 1. The van der Waals surface area contributed by atoms with Crippen LogP contribution >= 0.6 is 0 Å². The molecule has 18 heavy (non-hydrogen) atoms. The largest absolute Gasteiger partial charge is 0.454 e. The third kappa shape index (κ3) is 1.17. The molecule has 0 bridgehead atoms. The summed E-state index contributed by atoms with van der Waals surface area (Å²) in [6.45, 7) is 0. The van der Waals surface area contributed by atoms with Crippen LogP contribution in [0.15, 0.2) is 59.0 Å². The van der Waals surface area contributed by atoms with E-state index in [1.165, 1.54) is 10.8 Å². The zero-order valence-electron chi connectivity index (χ0n) is 9.68. The molecule has 0 saturated carbocycles. The van der Waals surface area contributed by atoms with Crippen LogP contribution in [0.4, 0.5) is 5.69 Å². The van der Waals surface area contributed by atoms with Crippen molar-refractivity contribution in [1.29, 1.82) is 0 Å². The van der Waals surface area contributed by atoms with E-state index >= 15 is 0 Å². The van der Waals surface area contributed by atoms with E-state index < -0.39 is 0 Å². The van der Waals surface area contributed by atoms with Crippen LogP contribution in [-0.2, 0) is 0 Å². The molecule has 4 rings (SSSR count). The number of hydrogen-bond donors (Lipinski definition) is 1. The summed E-state index contributed by atoms with van der Waals surface area (Å²) in [5.74, 6) is 0. The van der Waals surface area contributed by atoms with E-state index in [0.29, 0.717) is 5.69 Å². The van der Waals surface area contributed by atoms with Gasteiger partial charge in [0.05, 0.1) is 5.69 Å². The Morgan fingerprint density at radius 3 is 2.39 bits per heavy atom. The van der Waals surface area contributed by atoms with Gasteiger partial charge in [0, 0.05) is 10.8 Å². The van der Waals surface area contributed by atoms with Crippen molar-refractivity contribution in [3.63, 3.8) is 0 Å². The number of hydrogen-bond acceptors (Lipinski definition) is 2. The molecule has 0 aliphatic rings. The Labute approximate surface area is 104 Å². The third-order valence-corrected chi connectivity index (χ3v) is 3.40. The van der Waals surface area contributed by atoms with Crippen LogP contribution in [0.5, 0.6) is 0 Å². The van der Waals surface area contributed by atoms with Crippen LogP contribution in [-0.4, -0.2) is 0 Å². The zero-order chi connectivity index (χ0) is 12.1. The molecule has 2 heteroatoms. The summed E-state index contributed by atoms with van der Waals surface area (Å²) in [5, 5.41) is 4.60. The molecule has 0 fully saturated rings. The Morgan fingerprint density at radius 1 is 0.778 bits per heavy atom. The molecule has 0 amide bonds. The van der Waals surface area contributed by atoms with E-state index in [-0.39, 0.29) is 0 Å². The standard InChI is InChI=1S/C16H11NO/c17-14-7-3-6-12-13-8-10-4-1-2-5-11(10)9-15(13)18-16(12)14/h1-9H,17H2. The molecular formula is C16H11NO. The fraction of sp³-hybridized carbons (Fsp3) is 0. The van der Waals surface area contributed by atoms with E-state index in [2.05, 4.69) is 24.3 Å². The van der Waals surface area contributed by atoms with Crippen molar-refractivity contribution in [3.8, 4) is 0 Å². The number of rotatable bonds is 0. The highest BCUT2D eigenvalue weighted by molar-refractivity contribution is 6.12. The molecule has 0 unspecified atom stereocenters. The number of furan rings is 1. The number of fused-ring (bicyclic) bond motifs is 4. The molecule has 1 aromatic heterocycles. The molecule has 0 radical (unpaired) electrons. The molecule has 2 N–H and O–H groups in total. The molecule has 0 atom stereocenters. The molecule has 2 nitrogen and oxygen atoms in total. The Bertz CT molecular complexity index is 889. The Hall–Kier alpha value is -2.48. The molecule has 0 saturated heterocycles. The highest BCUT2D eigenvalue weighted by Crippen LogP contribution is 2.34. The summed E-state index contributed by atoms with van der Waals surface area (Å²) in [4.78, 5) is 0. The predicted molar refractivity (Wildman–Crippen MR) is 75.6 cm³/mol. The lowest BCUT2D eigenvalue weighted by atomic mass is 10.1. The van der Waals surface area contributed by atoms with Crippen molar-refractivity contribution in [2.45, 2.75) is 0 Å². The van der Waals surface area contributed by atoms with Crippen molar-refractivity contribution in [3.05, 3.63) is 54.6 Å². The average molecular weight is 233 g/mol. The van der Waals surface area contributed by atoms with Crippen molar-refractivity contribution >= 4 is 38.4 Å². The van der Waals surface area contributed by atoms with Crippen LogP contribution in [0.1, 0.15) is 0 Å². The topological polar surface area (TPSA) is 39.2 Å². The monoisotopic (exact) mass is 233 g/mol. The second-order valence-corrected chi connectivity index (χ2v) is 4.52. The minimum atomic E-state index is 0.688. The predicted octanol–water partition coefficient (Wildman–Crippen LogP) is 4.32. The zero-order valence-corrected chi connectivity index (χ0v) is 9.68. The summed E-state index contributed by atoms with van der Waals surface area (Å²) in [5.41, 5.74) is 8.31. The summed E-state index contributed by atoms with van der Waals surface area (Å²) < 4.78 is 5.87. The lowest BCUT2D eigenvalue weighted by Crippen LogP contribution is -1.82. The van der Waals surface area contributed by atoms with Gasteiger partial charge in [0.1, 0.15) is 5.58 Å². The van der Waals surface area contributed by atoms with Gasteiger partial charge in [-0.15, -0.1) is 0 Å². The molecule has 3 aromatic carbocycles. The van der Waals surface area contributed by atoms with Gasteiger partial charge in [0.25, 0.3) is 0 Å². The van der Waals surface area contributed by atoms with Gasteiger partial charge in [0.2, 0.25) is 0 Å². The smallest absolute Gasteiger partial charge is 0.158 e. The fourth-order valence-corrected chi connectivity index (χ4v) is 2.51. The van der Waals surface area contributed by atoms with Crippen molar-refractivity contribution in [2.24, 2.45) is 0 Å². The van der Waals surface area contributed by atoms with Gasteiger partial charge < -0.3 is 10.2 Å². The van der Waals surface area contributed by atoms with E-state index in [1.54, 1.807) is 0 Å². The van der Waals surface area contributed by atoms with Gasteiger partial charge in [-0.2, -0.15) is 0 Å².